The van der Waals surface area contributed by atoms with Gasteiger partial charge in [0.05, 0.1) is 18.7 Å². The summed E-state index contributed by atoms with van der Waals surface area (Å²) in [6.45, 7) is 0.0127. The van der Waals surface area contributed by atoms with Gasteiger partial charge in [0.2, 0.25) is 0 Å². The zero-order valence-corrected chi connectivity index (χ0v) is 15.1. The Morgan fingerprint density at radius 2 is 1.71 bits per heavy atom. The van der Waals surface area contributed by atoms with Crippen LogP contribution in [-0.2, 0) is 14.3 Å². The van der Waals surface area contributed by atoms with E-state index in [0.717, 1.165) is 11.3 Å². The summed E-state index contributed by atoms with van der Waals surface area (Å²) in [6, 6.07) is 14.6. The molecule has 0 unspecified atom stereocenters. The van der Waals surface area contributed by atoms with Crippen LogP contribution in [0.4, 0.5) is 4.39 Å². The van der Waals surface area contributed by atoms with Gasteiger partial charge >= 0.3 is 5.97 Å². The molecule has 3 rings (SSSR count). The summed E-state index contributed by atoms with van der Waals surface area (Å²) in [7, 11) is 0. The van der Waals surface area contributed by atoms with Crippen molar-refractivity contribution in [3.8, 4) is 0 Å². The number of esters is 1. The Kier molecular flexibility index (Phi) is 6.26. The molecule has 1 aliphatic heterocycles. The van der Waals surface area contributed by atoms with Gasteiger partial charge < -0.3 is 4.74 Å². The third kappa shape index (κ3) is 5.09. The van der Waals surface area contributed by atoms with Crippen molar-refractivity contribution >= 4 is 23.4 Å². The minimum Gasteiger partial charge on any atom is -0.455 e. The monoisotopic (exact) mass is 382 g/mol. The van der Waals surface area contributed by atoms with Gasteiger partial charge in [-0.1, -0.05) is 30.3 Å². The van der Waals surface area contributed by atoms with E-state index < -0.39 is 24.3 Å². The molecule has 28 heavy (non-hydrogen) atoms. The minimum atomic E-state index is -0.643. The van der Waals surface area contributed by atoms with Gasteiger partial charge in [-0.05, 0) is 29.8 Å². The van der Waals surface area contributed by atoms with E-state index in [1.165, 1.54) is 29.3 Å². The van der Waals surface area contributed by atoms with Gasteiger partial charge in [-0.25, -0.2) is 9.40 Å². The van der Waals surface area contributed by atoms with Gasteiger partial charge in [-0.2, -0.15) is 5.10 Å². The van der Waals surface area contributed by atoms with Crippen molar-refractivity contribution in [2.24, 2.45) is 5.10 Å². The molecule has 0 atom stereocenters. The van der Waals surface area contributed by atoms with Crippen molar-refractivity contribution in [1.29, 1.82) is 0 Å². The highest BCUT2D eigenvalue weighted by Gasteiger charge is 2.22. The number of benzene rings is 2. The third-order valence-corrected chi connectivity index (χ3v) is 4.28. The topological polar surface area (TPSA) is 76.0 Å². The number of hydrazone groups is 1. The van der Waals surface area contributed by atoms with Crippen molar-refractivity contribution in [3.05, 3.63) is 71.5 Å². The van der Waals surface area contributed by atoms with E-state index in [4.69, 9.17) is 4.74 Å². The molecular formula is C21H19FN2O4. The van der Waals surface area contributed by atoms with Crippen molar-refractivity contribution in [3.63, 3.8) is 0 Å². The van der Waals surface area contributed by atoms with Gasteiger partial charge in [0.25, 0.3) is 5.91 Å². The highest BCUT2D eigenvalue weighted by atomic mass is 19.1. The first-order chi connectivity index (χ1) is 13.5. The summed E-state index contributed by atoms with van der Waals surface area (Å²) >= 11 is 0. The summed E-state index contributed by atoms with van der Waals surface area (Å²) in [5.41, 5.74) is 2.09. The molecule has 2 aromatic rings. The maximum Gasteiger partial charge on any atom is 0.306 e. The number of amides is 1. The summed E-state index contributed by atoms with van der Waals surface area (Å²) in [4.78, 5) is 35.9. The lowest BCUT2D eigenvalue weighted by atomic mass is 10.1. The number of ketones is 1. The number of carbonyl (C=O) groups excluding carboxylic acids is 3. The van der Waals surface area contributed by atoms with Gasteiger partial charge in [0, 0.05) is 18.4 Å². The van der Waals surface area contributed by atoms with Crippen molar-refractivity contribution in [2.45, 2.75) is 19.3 Å². The number of nitrogens with zero attached hydrogens (tertiary/aromatic N) is 2. The summed E-state index contributed by atoms with van der Waals surface area (Å²) in [5.74, 6) is -1.78. The van der Waals surface area contributed by atoms with Crippen LogP contribution in [0.2, 0.25) is 0 Å². The molecule has 0 bridgehead atoms. The molecule has 1 heterocycles. The molecule has 0 aromatic heterocycles. The highest BCUT2D eigenvalue weighted by Crippen LogP contribution is 2.14. The van der Waals surface area contributed by atoms with E-state index >= 15 is 0 Å². The van der Waals surface area contributed by atoms with Gasteiger partial charge in [-0.3, -0.25) is 14.4 Å². The quantitative estimate of drug-likeness (QED) is 0.545. The number of halogens is 1. The van der Waals surface area contributed by atoms with Gasteiger partial charge in [0.15, 0.2) is 12.4 Å². The molecule has 0 radical (unpaired) electrons. The number of Topliss-reactive ketones (excluding diaryl/α,β-unsaturated/α-hetero) is 1. The van der Waals surface area contributed by atoms with Crippen LogP contribution < -0.4 is 0 Å². The molecule has 1 aliphatic rings. The van der Waals surface area contributed by atoms with E-state index in [1.807, 2.05) is 30.3 Å². The number of ether oxygens (including phenoxy) is 1. The van der Waals surface area contributed by atoms with E-state index in [1.54, 1.807) is 0 Å². The first kappa shape index (κ1) is 19.4. The Labute approximate surface area is 161 Å². The predicted molar refractivity (Wildman–Crippen MR) is 100 cm³/mol. The van der Waals surface area contributed by atoms with Crippen LogP contribution in [0.25, 0.3) is 0 Å². The Balaban J connectivity index is 1.43. The van der Waals surface area contributed by atoms with Crippen LogP contribution in [0.15, 0.2) is 59.7 Å². The van der Waals surface area contributed by atoms with Crippen molar-refractivity contribution in [2.75, 3.05) is 13.2 Å². The first-order valence-corrected chi connectivity index (χ1v) is 8.90. The van der Waals surface area contributed by atoms with Crippen LogP contribution in [0.1, 0.15) is 35.2 Å². The molecule has 6 nitrogen and oxygen atoms in total. The van der Waals surface area contributed by atoms with Crippen LogP contribution in [0.5, 0.6) is 0 Å². The number of rotatable bonds is 7. The minimum absolute atomic E-state index is 0.0708. The maximum absolute atomic E-state index is 12.9. The predicted octanol–water partition coefficient (Wildman–Crippen LogP) is 2.97. The Bertz CT molecular complexity index is 894. The largest absolute Gasteiger partial charge is 0.455 e. The third-order valence-electron chi connectivity index (χ3n) is 4.28. The molecule has 2 aromatic carbocycles. The molecule has 0 aliphatic carbocycles. The number of hydrogen-bond donors (Lipinski definition) is 0. The van der Waals surface area contributed by atoms with Gasteiger partial charge in [0.1, 0.15) is 5.82 Å². The van der Waals surface area contributed by atoms with E-state index in [9.17, 15) is 18.8 Å². The SMILES string of the molecule is O=C(CCC(=O)c1ccc(F)cc1)OCC(=O)N1CCC(c2ccccc2)=N1. The molecule has 7 heteroatoms. The molecule has 0 fully saturated rings. The molecule has 0 spiro atoms. The number of carbonyl (C=O) groups is 3. The fraction of sp³-hybridized carbons (Fsp3) is 0.238. The normalized spacial score (nSPS) is 13.2. The Morgan fingerprint density at radius 1 is 1.00 bits per heavy atom. The summed E-state index contributed by atoms with van der Waals surface area (Å²) in [6.07, 6.45) is 0.413. The van der Waals surface area contributed by atoms with Crippen LogP contribution in [-0.4, -0.2) is 41.5 Å². The maximum atomic E-state index is 12.9. The van der Waals surface area contributed by atoms with Crippen LogP contribution >= 0.6 is 0 Å². The second kappa shape index (κ2) is 9.03. The average Bonchev–Trinajstić information content (AvgIpc) is 3.22. The molecule has 0 N–H and O–H groups in total. The van der Waals surface area contributed by atoms with E-state index in [0.29, 0.717) is 18.5 Å². The van der Waals surface area contributed by atoms with E-state index in [2.05, 4.69) is 5.10 Å². The lowest BCUT2D eigenvalue weighted by molar-refractivity contribution is -0.151. The first-order valence-electron chi connectivity index (χ1n) is 8.90. The fourth-order valence-corrected chi connectivity index (χ4v) is 2.76. The van der Waals surface area contributed by atoms with Crippen molar-refractivity contribution in [1.82, 2.24) is 5.01 Å². The van der Waals surface area contributed by atoms with Gasteiger partial charge in [-0.15, -0.1) is 0 Å². The Hall–Kier alpha value is -3.35. The standard InChI is InChI=1S/C21H19FN2O4/c22-17-8-6-16(7-9-17)19(25)10-11-21(27)28-14-20(26)24-13-12-18(23-24)15-4-2-1-3-5-15/h1-9H,10-14H2. The lowest BCUT2D eigenvalue weighted by Gasteiger charge is -2.11. The fourth-order valence-electron chi connectivity index (χ4n) is 2.76. The second-order valence-electron chi connectivity index (χ2n) is 6.27. The lowest BCUT2D eigenvalue weighted by Crippen LogP contribution is -2.28. The highest BCUT2D eigenvalue weighted by molar-refractivity contribution is 6.02. The van der Waals surface area contributed by atoms with Crippen LogP contribution in [0, 0.1) is 5.82 Å². The molecule has 144 valence electrons. The summed E-state index contributed by atoms with van der Waals surface area (Å²) < 4.78 is 17.8. The molecule has 0 saturated carbocycles. The smallest absolute Gasteiger partial charge is 0.306 e. The van der Waals surface area contributed by atoms with Crippen LogP contribution in [0.3, 0.4) is 0 Å². The zero-order chi connectivity index (χ0) is 19.9. The average molecular weight is 382 g/mol. The van der Waals surface area contributed by atoms with E-state index in [-0.39, 0.29) is 18.6 Å². The summed E-state index contributed by atoms with van der Waals surface area (Å²) in [5, 5.41) is 5.57. The number of hydrogen-bond acceptors (Lipinski definition) is 5. The second-order valence-corrected chi connectivity index (χ2v) is 6.27. The molecular weight excluding hydrogens is 363 g/mol. The molecule has 0 saturated heterocycles. The van der Waals surface area contributed by atoms with Crippen molar-refractivity contribution < 1.29 is 23.5 Å². The zero-order valence-electron chi connectivity index (χ0n) is 15.1. The molecule has 1 amide bonds. The Morgan fingerprint density at radius 3 is 2.43 bits per heavy atom.